The highest BCUT2D eigenvalue weighted by Gasteiger charge is 2.43. The Morgan fingerprint density at radius 1 is 0.946 bits per heavy atom. The van der Waals surface area contributed by atoms with Crippen LogP contribution in [0.15, 0.2) is 83.5 Å². The molecule has 1 fully saturated rings. The highest BCUT2D eigenvalue weighted by molar-refractivity contribution is 6.08. The van der Waals surface area contributed by atoms with E-state index in [1.165, 1.54) is 47.5 Å². The van der Waals surface area contributed by atoms with Gasteiger partial charge in [0.1, 0.15) is 17.5 Å². The molecule has 2 atom stereocenters. The lowest BCUT2D eigenvalue weighted by molar-refractivity contribution is -0.137. The van der Waals surface area contributed by atoms with Crippen molar-refractivity contribution in [2.45, 2.75) is 25.3 Å². The Kier molecular flexibility index (Phi) is 6.90. The molecule has 0 aromatic heterocycles. The average Bonchev–Trinajstić information content (AvgIpc) is 3.29. The van der Waals surface area contributed by atoms with Crippen molar-refractivity contribution < 1.29 is 27.5 Å². The van der Waals surface area contributed by atoms with Gasteiger partial charge < -0.3 is 4.74 Å². The van der Waals surface area contributed by atoms with Gasteiger partial charge in [-0.15, -0.1) is 0 Å². The molecule has 1 heterocycles. The third kappa shape index (κ3) is 5.33. The van der Waals surface area contributed by atoms with Gasteiger partial charge in [-0.2, -0.15) is 5.10 Å². The van der Waals surface area contributed by atoms with Crippen LogP contribution in [0.4, 0.5) is 13.2 Å². The van der Waals surface area contributed by atoms with Crippen molar-refractivity contribution in [2.75, 3.05) is 6.61 Å². The van der Waals surface area contributed by atoms with Gasteiger partial charge in [0.2, 0.25) is 0 Å². The Balaban J connectivity index is 1.43. The first-order chi connectivity index (χ1) is 17.9. The first-order valence-corrected chi connectivity index (χ1v) is 11.9. The molecule has 0 bridgehead atoms. The van der Waals surface area contributed by atoms with Crippen LogP contribution >= 0.6 is 0 Å². The fourth-order valence-corrected chi connectivity index (χ4v) is 4.85. The van der Waals surface area contributed by atoms with E-state index in [0.29, 0.717) is 5.56 Å². The Bertz CT molecular complexity index is 1380. The number of allylic oxidation sites excluding steroid dienone is 1. The van der Waals surface area contributed by atoms with Crippen LogP contribution in [0.3, 0.4) is 0 Å². The van der Waals surface area contributed by atoms with Gasteiger partial charge in [-0.3, -0.25) is 4.79 Å². The van der Waals surface area contributed by atoms with E-state index in [2.05, 4.69) is 5.10 Å². The first kappa shape index (κ1) is 24.5. The van der Waals surface area contributed by atoms with E-state index in [0.717, 1.165) is 42.2 Å². The highest BCUT2D eigenvalue weighted by Crippen LogP contribution is 2.44. The van der Waals surface area contributed by atoms with Crippen LogP contribution in [0, 0.1) is 23.4 Å². The minimum absolute atomic E-state index is 0.00573. The van der Waals surface area contributed by atoms with E-state index in [9.17, 15) is 22.8 Å². The van der Waals surface area contributed by atoms with Crippen molar-refractivity contribution in [1.82, 2.24) is 5.01 Å². The number of rotatable bonds is 5. The number of nitrogens with zero attached hydrogens (tertiary/aromatic N) is 2. The molecule has 0 spiro atoms. The third-order valence-electron chi connectivity index (χ3n) is 6.57. The molecule has 1 saturated carbocycles. The van der Waals surface area contributed by atoms with Crippen molar-refractivity contribution in [3.05, 3.63) is 113 Å². The largest absolute Gasteiger partial charge is 0.452 e. The highest BCUT2D eigenvalue weighted by atomic mass is 19.1. The number of carbonyl (C=O) groups excluding carboxylic acids is 2. The number of ether oxygens (including phenoxy) is 1. The molecule has 2 unspecified atom stereocenters. The average molecular weight is 505 g/mol. The molecule has 1 aliphatic heterocycles. The SMILES string of the molecule is O=C(OCC(=O)N1N=C2C(=Cc3ccc(F)cc3)CCCC2C1c1ccc(F)cc1)c1cccc(F)c1. The molecule has 37 heavy (non-hydrogen) atoms. The Hall–Kier alpha value is -4.20. The summed E-state index contributed by atoms with van der Waals surface area (Å²) in [6.45, 7) is -0.590. The van der Waals surface area contributed by atoms with Crippen LogP contribution in [0.5, 0.6) is 0 Å². The van der Waals surface area contributed by atoms with Crippen LogP contribution in [-0.4, -0.2) is 29.2 Å². The molecule has 1 aliphatic carbocycles. The Morgan fingerprint density at radius 2 is 1.65 bits per heavy atom. The predicted octanol–water partition coefficient (Wildman–Crippen LogP) is 6.08. The minimum atomic E-state index is -0.827. The molecule has 1 amide bonds. The number of hydrogen-bond donors (Lipinski definition) is 0. The maximum atomic E-state index is 13.7. The lowest BCUT2D eigenvalue weighted by atomic mass is 9.77. The van der Waals surface area contributed by atoms with Gasteiger partial charge in [-0.25, -0.2) is 23.0 Å². The van der Waals surface area contributed by atoms with Gasteiger partial charge in [0, 0.05) is 5.92 Å². The van der Waals surface area contributed by atoms with E-state index < -0.39 is 36.2 Å². The number of halogens is 3. The van der Waals surface area contributed by atoms with Gasteiger partial charge in [0.25, 0.3) is 5.91 Å². The van der Waals surface area contributed by atoms with Crippen LogP contribution in [-0.2, 0) is 9.53 Å². The number of fused-ring (bicyclic) bond motifs is 1. The summed E-state index contributed by atoms with van der Waals surface area (Å²) in [7, 11) is 0. The fraction of sp³-hybridized carbons (Fsp3) is 0.207. The normalized spacial score (nSPS) is 19.9. The Morgan fingerprint density at radius 3 is 2.35 bits per heavy atom. The summed E-state index contributed by atoms with van der Waals surface area (Å²) in [5.41, 5.74) is 3.18. The maximum absolute atomic E-state index is 13.7. The summed E-state index contributed by atoms with van der Waals surface area (Å²) in [6, 6.07) is 16.5. The summed E-state index contributed by atoms with van der Waals surface area (Å²) in [4.78, 5) is 25.6. The lowest BCUT2D eigenvalue weighted by Crippen LogP contribution is -2.34. The summed E-state index contributed by atoms with van der Waals surface area (Å²) in [5, 5.41) is 5.96. The molecule has 8 heteroatoms. The topological polar surface area (TPSA) is 59.0 Å². The molecule has 2 aliphatic rings. The van der Waals surface area contributed by atoms with Crippen LogP contribution in [0.1, 0.15) is 46.8 Å². The quantitative estimate of drug-likeness (QED) is 0.396. The van der Waals surface area contributed by atoms with Crippen LogP contribution in [0.25, 0.3) is 6.08 Å². The standard InChI is InChI=1S/C29H23F3N2O3/c30-22-11-7-18(8-12-22)15-20-3-2-6-25-27(20)33-34(28(25)19-9-13-23(31)14-10-19)26(35)17-37-29(36)21-4-1-5-24(32)16-21/h1,4-5,7-16,25,28H,2-3,6,17H2. The van der Waals surface area contributed by atoms with Crippen molar-refractivity contribution in [3.8, 4) is 0 Å². The van der Waals surface area contributed by atoms with Crippen molar-refractivity contribution in [1.29, 1.82) is 0 Å². The van der Waals surface area contributed by atoms with E-state index >= 15 is 0 Å². The molecule has 3 aromatic rings. The van der Waals surface area contributed by atoms with Gasteiger partial charge in [0.05, 0.1) is 17.3 Å². The van der Waals surface area contributed by atoms with E-state index in [4.69, 9.17) is 4.74 Å². The van der Waals surface area contributed by atoms with E-state index in [-0.39, 0.29) is 17.3 Å². The van der Waals surface area contributed by atoms with E-state index in [1.54, 1.807) is 24.3 Å². The zero-order chi connectivity index (χ0) is 25.9. The molecular formula is C29H23F3N2O3. The van der Waals surface area contributed by atoms with Crippen LogP contribution in [0.2, 0.25) is 0 Å². The monoisotopic (exact) mass is 504 g/mol. The molecule has 5 nitrogen and oxygen atoms in total. The molecule has 5 rings (SSSR count). The zero-order valence-electron chi connectivity index (χ0n) is 19.7. The molecule has 0 radical (unpaired) electrons. The van der Waals surface area contributed by atoms with Crippen molar-refractivity contribution in [3.63, 3.8) is 0 Å². The second-order valence-electron chi connectivity index (χ2n) is 9.03. The summed E-state index contributed by atoms with van der Waals surface area (Å²) < 4.78 is 45.7. The van der Waals surface area contributed by atoms with Crippen molar-refractivity contribution >= 4 is 23.7 Å². The van der Waals surface area contributed by atoms with E-state index in [1.807, 2.05) is 6.08 Å². The zero-order valence-corrected chi connectivity index (χ0v) is 19.7. The molecule has 0 saturated heterocycles. The predicted molar refractivity (Wildman–Crippen MR) is 132 cm³/mol. The third-order valence-corrected chi connectivity index (χ3v) is 6.57. The second kappa shape index (κ2) is 10.4. The molecular weight excluding hydrogens is 481 g/mol. The lowest BCUT2D eigenvalue weighted by Gasteiger charge is -2.29. The minimum Gasteiger partial charge on any atom is -0.452 e. The second-order valence-corrected chi connectivity index (χ2v) is 9.03. The van der Waals surface area contributed by atoms with Crippen LogP contribution < -0.4 is 0 Å². The number of carbonyl (C=O) groups is 2. The number of hydrogen-bond acceptors (Lipinski definition) is 4. The van der Waals surface area contributed by atoms with Gasteiger partial charge in [-0.05, 0) is 84.5 Å². The van der Waals surface area contributed by atoms with Gasteiger partial charge in [-0.1, -0.05) is 30.3 Å². The Labute approximate surface area is 211 Å². The first-order valence-electron chi connectivity index (χ1n) is 11.9. The molecule has 3 aromatic carbocycles. The van der Waals surface area contributed by atoms with Gasteiger partial charge in [0.15, 0.2) is 6.61 Å². The summed E-state index contributed by atoms with van der Waals surface area (Å²) in [5.74, 6) is -2.84. The number of amides is 1. The fourth-order valence-electron chi connectivity index (χ4n) is 4.85. The van der Waals surface area contributed by atoms with Crippen molar-refractivity contribution in [2.24, 2.45) is 11.0 Å². The van der Waals surface area contributed by atoms with Gasteiger partial charge >= 0.3 is 5.97 Å². The maximum Gasteiger partial charge on any atom is 0.338 e. The number of esters is 1. The summed E-state index contributed by atoms with van der Waals surface area (Å²) >= 11 is 0. The number of hydrazone groups is 1. The number of benzene rings is 3. The molecule has 188 valence electrons. The molecule has 0 N–H and O–H groups in total. The summed E-state index contributed by atoms with van der Waals surface area (Å²) in [6.07, 6.45) is 4.28. The smallest absolute Gasteiger partial charge is 0.338 e.